The first-order valence-corrected chi connectivity index (χ1v) is 32.9. The zero-order chi connectivity index (χ0) is 79.3. The highest BCUT2D eigenvalue weighted by molar-refractivity contribution is 5.91. The smallest absolute Gasteiger partial charge is 0.482 e. The molecule has 578 valence electrons. The highest BCUT2D eigenvalue weighted by Crippen LogP contribution is 2.63. The van der Waals surface area contributed by atoms with Gasteiger partial charge in [0.2, 0.25) is 5.60 Å². The van der Waals surface area contributed by atoms with E-state index in [-0.39, 0.29) is 66.3 Å². The van der Waals surface area contributed by atoms with Crippen LogP contribution in [0.1, 0.15) is 192 Å². The molecule has 0 saturated heterocycles. The van der Waals surface area contributed by atoms with Gasteiger partial charge in [-0.2, -0.15) is 30.7 Å². The third-order valence-electron chi connectivity index (χ3n) is 15.9. The van der Waals surface area contributed by atoms with Gasteiger partial charge in [-0.05, 0) is 161 Å². The second-order valence-corrected chi connectivity index (χ2v) is 27.7. The normalized spacial score (nSPS) is 20.0. The monoisotopic (exact) mass is 1480 g/mol. The van der Waals surface area contributed by atoms with E-state index in [2.05, 4.69) is 58.8 Å². The van der Waals surface area contributed by atoms with Gasteiger partial charge in [-0.25, -0.2) is 55.9 Å². The lowest BCUT2D eigenvalue weighted by molar-refractivity contribution is -0.281. The highest BCUT2D eigenvalue weighted by Gasteiger charge is 2.69. The molecule has 0 spiro atoms. The van der Waals surface area contributed by atoms with Gasteiger partial charge in [-0.1, -0.05) is 90.3 Å². The van der Waals surface area contributed by atoms with Gasteiger partial charge in [0.15, 0.2) is 25.9 Å². The standard InChI is InChI=1S/C18H21F3O6.C17H14F4O3.C14H24O2.C13H20F2O4.C11H16F2O4/c1-10(2)13(23)26-16-5-12-4-15(7-16,25-11(3)22)8-17(6-12,9-16)27-14(24)18(19,20)21;1-2-11-3-4-13-8-14(6-5-12(13)7-11)23-9-15(22)24-10-17(20,21)16(18)19;1-4-14(16-13(15)12(2)3)10-8-6-5-7-9-11-14;1-7-9(18-10(16)8(2)3)13(14,15)11(17)19-12(4,5)6;1-7(2)8(14)17-10(3,4)9(15)16-6-11(5,12)13/h12H,1,4-9H2,2-3H3;2-8,16H,1,9-10H2;2,4-11H2,1,3H3;9H,2,7H2,1,3-6H3;1,6H2,2-5H3. The molecule has 5 fully saturated rings. The number of benzene rings is 2. The molecule has 30 heteroatoms. The number of carbonyl (C=O) groups excluding carboxylic acids is 9. The van der Waals surface area contributed by atoms with E-state index in [1.165, 1.54) is 101 Å². The number of halogens is 11. The number of carbonyl (C=O) groups is 9. The number of ether oxygens (including phenoxy) is 10. The van der Waals surface area contributed by atoms with Crippen LogP contribution in [0.25, 0.3) is 16.8 Å². The largest absolute Gasteiger partial charge is 0.490 e. The molecule has 5 aliphatic rings. The predicted molar refractivity (Wildman–Crippen MR) is 354 cm³/mol. The number of hydrogen-bond acceptors (Lipinski definition) is 19. The molecule has 0 aromatic heterocycles. The van der Waals surface area contributed by atoms with E-state index < -0.39 is 132 Å². The third kappa shape index (κ3) is 29.7. The van der Waals surface area contributed by atoms with Gasteiger partial charge in [0, 0.05) is 55.4 Å². The van der Waals surface area contributed by atoms with Crippen molar-refractivity contribution in [1.82, 2.24) is 0 Å². The second-order valence-electron chi connectivity index (χ2n) is 27.7. The van der Waals surface area contributed by atoms with Gasteiger partial charge in [0.25, 0.3) is 5.92 Å². The fourth-order valence-electron chi connectivity index (χ4n) is 11.5. The summed E-state index contributed by atoms with van der Waals surface area (Å²) in [6.07, 6.45) is 0.900. The molecule has 5 saturated carbocycles. The first-order valence-electron chi connectivity index (χ1n) is 32.9. The lowest BCUT2D eigenvalue weighted by atomic mass is 9.50. The SMILES string of the molecule is C=C(C)C(=O)OC(C)(C)C(=O)OCC(C)(F)F.C=C(C)C(=O)OC(CC)C(F)(F)C(=O)OC(C)(C)C.C=C(C)C(=O)OC1(CC)CCCCCCC1.C=C(C)C(=O)OC12CC3CC(OC(C)=O)(C1)CC(OC(=O)C(F)(F)F)(C3)C2.C=Cc1ccc2cc(OCC(=O)OCC(F)(F)C(F)F)ccc2c1. The van der Waals surface area contributed by atoms with Crippen LogP contribution >= 0.6 is 0 Å². The van der Waals surface area contributed by atoms with Gasteiger partial charge < -0.3 is 47.4 Å². The molecule has 4 bridgehead atoms. The summed E-state index contributed by atoms with van der Waals surface area (Å²) in [4.78, 5) is 104. The van der Waals surface area contributed by atoms with Crippen molar-refractivity contribution in [1.29, 1.82) is 0 Å². The Balaban J connectivity index is 0.000000445. The van der Waals surface area contributed by atoms with Crippen molar-refractivity contribution >= 4 is 70.6 Å². The molecule has 19 nitrogen and oxygen atoms in total. The van der Waals surface area contributed by atoms with Crippen LogP contribution in [0.2, 0.25) is 0 Å². The molecular weight excluding hydrogens is 1390 g/mol. The van der Waals surface area contributed by atoms with Gasteiger partial charge in [0.05, 0.1) is 0 Å². The van der Waals surface area contributed by atoms with Crippen molar-refractivity contribution in [2.24, 2.45) is 5.92 Å². The Kier molecular flexibility index (Phi) is 32.9. The molecule has 0 N–H and O–H groups in total. The molecule has 5 aliphatic carbocycles. The van der Waals surface area contributed by atoms with Crippen LogP contribution in [-0.2, 0) is 85.8 Å². The van der Waals surface area contributed by atoms with Crippen LogP contribution in [-0.4, -0.2) is 144 Å². The number of esters is 9. The lowest BCUT2D eigenvalue weighted by Crippen LogP contribution is -2.69. The Hall–Kier alpha value is -8.34. The minimum absolute atomic E-state index is 0.0153. The van der Waals surface area contributed by atoms with Crippen molar-refractivity contribution in [2.45, 2.75) is 256 Å². The van der Waals surface area contributed by atoms with Crippen molar-refractivity contribution in [3.8, 4) is 5.75 Å². The summed E-state index contributed by atoms with van der Waals surface area (Å²) in [6, 6.07) is 10.6. The van der Waals surface area contributed by atoms with E-state index >= 15 is 0 Å². The summed E-state index contributed by atoms with van der Waals surface area (Å²) in [5.41, 5.74) is -4.96. The molecule has 5 atom stereocenters. The minimum Gasteiger partial charge on any atom is -0.482 e. The minimum atomic E-state index is -5.14. The molecule has 0 amide bonds. The van der Waals surface area contributed by atoms with Crippen LogP contribution in [0.3, 0.4) is 0 Å². The van der Waals surface area contributed by atoms with Crippen molar-refractivity contribution in [2.75, 3.05) is 19.8 Å². The average molecular weight is 1490 g/mol. The van der Waals surface area contributed by atoms with Crippen molar-refractivity contribution < 1.29 is 139 Å². The molecule has 0 heterocycles. The van der Waals surface area contributed by atoms with Gasteiger partial charge in [-0.15, -0.1) is 0 Å². The van der Waals surface area contributed by atoms with Crippen LogP contribution in [0.4, 0.5) is 48.3 Å². The second kappa shape index (κ2) is 37.4. The van der Waals surface area contributed by atoms with E-state index in [9.17, 15) is 91.4 Å². The number of alkyl halides is 11. The Morgan fingerprint density at radius 3 is 1.49 bits per heavy atom. The van der Waals surface area contributed by atoms with E-state index in [1.807, 2.05) is 18.2 Å². The quantitative estimate of drug-likeness (QED) is 0.0410. The summed E-state index contributed by atoms with van der Waals surface area (Å²) in [6.45, 7) is 32.3. The first-order chi connectivity index (χ1) is 47.1. The predicted octanol–water partition coefficient (Wildman–Crippen LogP) is 16.2. The Morgan fingerprint density at radius 2 is 1.04 bits per heavy atom. The van der Waals surface area contributed by atoms with E-state index in [0.717, 1.165) is 35.6 Å². The maximum absolute atomic E-state index is 13.9. The van der Waals surface area contributed by atoms with Gasteiger partial charge >= 0.3 is 78.2 Å². The topological polar surface area (TPSA) is 246 Å². The molecule has 0 aliphatic heterocycles. The zero-order valence-electron chi connectivity index (χ0n) is 60.5. The van der Waals surface area contributed by atoms with Gasteiger partial charge in [-0.3, -0.25) is 4.79 Å². The molecule has 2 aromatic rings. The average Bonchev–Trinajstić information content (AvgIpc) is 0.701. The van der Waals surface area contributed by atoms with Crippen LogP contribution < -0.4 is 4.74 Å². The zero-order valence-corrected chi connectivity index (χ0v) is 60.5. The molecule has 2 aromatic carbocycles. The molecule has 5 unspecified atom stereocenters. The fourth-order valence-corrected chi connectivity index (χ4v) is 11.5. The summed E-state index contributed by atoms with van der Waals surface area (Å²) in [7, 11) is 0. The van der Waals surface area contributed by atoms with Crippen LogP contribution in [0, 0.1) is 5.92 Å². The lowest BCUT2D eigenvalue weighted by Gasteiger charge is -2.63. The Morgan fingerprint density at radius 1 is 0.563 bits per heavy atom. The summed E-state index contributed by atoms with van der Waals surface area (Å²) < 4.78 is 189. The first kappa shape index (κ1) is 90.7. The van der Waals surface area contributed by atoms with Crippen molar-refractivity contribution in [3.05, 3.63) is 97.1 Å². The summed E-state index contributed by atoms with van der Waals surface area (Å²) in [5.74, 6) is -20.7. The third-order valence-corrected chi connectivity index (χ3v) is 15.9. The Bertz CT molecular complexity index is 3390. The number of rotatable bonds is 24. The van der Waals surface area contributed by atoms with Crippen LogP contribution in [0.5, 0.6) is 5.75 Å². The van der Waals surface area contributed by atoms with E-state index in [0.29, 0.717) is 31.1 Å². The van der Waals surface area contributed by atoms with Crippen molar-refractivity contribution in [3.63, 3.8) is 0 Å². The van der Waals surface area contributed by atoms with E-state index in [4.69, 9.17) is 28.4 Å². The Labute approximate surface area is 592 Å². The van der Waals surface area contributed by atoms with E-state index in [1.54, 1.807) is 31.2 Å². The maximum atomic E-state index is 13.9. The molecule has 103 heavy (non-hydrogen) atoms. The van der Waals surface area contributed by atoms with Crippen LogP contribution in [0.15, 0.2) is 91.6 Å². The highest BCUT2D eigenvalue weighted by atomic mass is 19.4. The molecule has 0 radical (unpaired) electrons. The number of fused-ring (bicyclic) bond motifs is 1. The molecule has 7 rings (SSSR count). The van der Waals surface area contributed by atoms with Gasteiger partial charge in [0.1, 0.15) is 33.8 Å². The fraction of sp³-hybridized carbons (Fsp3) is 0.603. The maximum Gasteiger partial charge on any atom is 0.490 e. The number of hydrogen-bond donors (Lipinski definition) is 0. The summed E-state index contributed by atoms with van der Waals surface area (Å²) >= 11 is 0. The summed E-state index contributed by atoms with van der Waals surface area (Å²) in [5, 5.41) is 1.77. The molecular formula is C73H95F11O19.